The van der Waals surface area contributed by atoms with E-state index in [0.29, 0.717) is 5.82 Å². The average molecular weight is 383 g/mol. The summed E-state index contributed by atoms with van der Waals surface area (Å²) in [6, 6.07) is 2.00. The number of halogens is 3. The molecule has 1 unspecified atom stereocenters. The molecule has 1 aromatic carbocycles. The van der Waals surface area contributed by atoms with Crippen molar-refractivity contribution in [2.75, 3.05) is 11.1 Å². The van der Waals surface area contributed by atoms with Crippen molar-refractivity contribution in [2.24, 2.45) is 0 Å². The van der Waals surface area contributed by atoms with Crippen LogP contribution in [-0.2, 0) is 4.79 Å². The third-order valence-electron chi connectivity index (χ3n) is 4.90. The van der Waals surface area contributed by atoms with Gasteiger partial charge in [0.2, 0.25) is 5.91 Å². The molecule has 9 heteroatoms. The summed E-state index contributed by atoms with van der Waals surface area (Å²) in [5.41, 5.74) is -0.449. The number of nitrogens with zero attached hydrogens (tertiary/aromatic N) is 1. The molecule has 2 aromatic rings. The smallest absolute Gasteiger partial charge is 0.270 e. The van der Waals surface area contributed by atoms with Crippen molar-refractivity contribution in [3.05, 3.63) is 51.1 Å². The van der Waals surface area contributed by atoms with Gasteiger partial charge in [0.05, 0.1) is 22.6 Å². The zero-order valence-corrected chi connectivity index (χ0v) is 14.5. The second-order valence-electron chi connectivity index (χ2n) is 6.52. The van der Waals surface area contributed by atoms with Crippen LogP contribution in [0.4, 0.5) is 19.0 Å². The second-order valence-corrected chi connectivity index (χ2v) is 7.61. The fourth-order valence-electron chi connectivity index (χ4n) is 3.67. The van der Waals surface area contributed by atoms with E-state index in [1.54, 1.807) is 4.68 Å². The number of aromatic nitrogens is 2. The molecule has 2 aliphatic rings. The Morgan fingerprint density at radius 1 is 1.08 bits per heavy atom. The van der Waals surface area contributed by atoms with Crippen LogP contribution in [0.15, 0.2) is 16.9 Å². The molecule has 5 nitrogen and oxygen atoms in total. The van der Waals surface area contributed by atoms with Crippen molar-refractivity contribution in [3.8, 4) is 0 Å². The minimum Gasteiger partial charge on any atom is -0.310 e. The van der Waals surface area contributed by atoms with Gasteiger partial charge in [0, 0.05) is 5.56 Å². The van der Waals surface area contributed by atoms with Gasteiger partial charge in [-0.3, -0.25) is 19.4 Å². The maximum Gasteiger partial charge on any atom is 0.270 e. The molecule has 2 N–H and O–H groups in total. The highest BCUT2D eigenvalue weighted by atomic mass is 32.2. The van der Waals surface area contributed by atoms with Crippen LogP contribution in [-0.4, -0.2) is 21.4 Å². The van der Waals surface area contributed by atoms with Gasteiger partial charge in [0.25, 0.3) is 5.56 Å². The number of benzene rings is 1. The molecule has 1 aliphatic carbocycles. The summed E-state index contributed by atoms with van der Waals surface area (Å²) in [5, 5.41) is 4.54. The summed E-state index contributed by atoms with van der Waals surface area (Å²) < 4.78 is 43.0. The van der Waals surface area contributed by atoms with Gasteiger partial charge in [0.15, 0.2) is 17.5 Å². The lowest BCUT2D eigenvalue weighted by Gasteiger charge is -2.17. The van der Waals surface area contributed by atoms with Crippen molar-refractivity contribution in [1.82, 2.24) is 9.78 Å². The van der Waals surface area contributed by atoms with E-state index in [-0.39, 0.29) is 28.8 Å². The summed E-state index contributed by atoms with van der Waals surface area (Å²) in [5.74, 6) is -4.27. The number of hydrogen-bond acceptors (Lipinski definition) is 3. The number of aromatic amines is 1. The summed E-state index contributed by atoms with van der Waals surface area (Å²) in [6.07, 6.45) is 3.77. The van der Waals surface area contributed by atoms with Crippen LogP contribution in [0.5, 0.6) is 0 Å². The minimum atomic E-state index is -1.58. The Morgan fingerprint density at radius 3 is 2.54 bits per heavy atom. The predicted molar refractivity (Wildman–Crippen MR) is 91.8 cm³/mol. The molecule has 1 fully saturated rings. The SMILES string of the molecule is O=C1CSC(c2ccc(F)c(F)c2F)c2c(n(C3CCCC3)[nH]c2=O)N1. The molecule has 0 spiro atoms. The van der Waals surface area contributed by atoms with Crippen molar-refractivity contribution in [2.45, 2.75) is 37.0 Å². The van der Waals surface area contributed by atoms with Crippen LogP contribution < -0.4 is 10.9 Å². The number of hydrogen-bond donors (Lipinski definition) is 2. The van der Waals surface area contributed by atoms with Gasteiger partial charge in [-0.25, -0.2) is 13.2 Å². The monoisotopic (exact) mass is 383 g/mol. The topological polar surface area (TPSA) is 66.9 Å². The Morgan fingerprint density at radius 2 is 1.81 bits per heavy atom. The molecule has 26 heavy (non-hydrogen) atoms. The normalized spacial score (nSPS) is 20.7. The van der Waals surface area contributed by atoms with Crippen LogP contribution in [0.25, 0.3) is 0 Å². The minimum absolute atomic E-state index is 0.0259. The lowest BCUT2D eigenvalue weighted by Crippen LogP contribution is -2.18. The van der Waals surface area contributed by atoms with Crippen molar-refractivity contribution in [1.29, 1.82) is 0 Å². The van der Waals surface area contributed by atoms with E-state index in [9.17, 15) is 22.8 Å². The molecule has 1 atom stereocenters. The molecule has 1 aromatic heterocycles. The molecule has 0 radical (unpaired) electrons. The van der Waals surface area contributed by atoms with Gasteiger partial charge in [-0.15, -0.1) is 11.8 Å². The Bertz CT molecular complexity index is 934. The van der Waals surface area contributed by atoms with Gasteiger partial charge in [-0.05, 0) is 18.9 Å². The number of H-pyrrole nitrogens is 1. The molecule has 2 heterocycles. The van der Waals surface area contributed by atoms with Gasteiger partial charge < -0.3 is 5.32 Å². The van der Waals surface area contributed by atoms with Gasteiger partial charge in [0.1, 0.15) is 5.82 Å². The Labute approximate surface area is 150 Å². The molecular formula is C17H16F3N3O2S. The first kappa shape index (κ1) is 17.3. The zero-order valence-electron chi connectivity index (χ0n) is 13.7. The maximum absolute atomic E-state index is 14.4. The molecule has 4 rings (SSSR count). The highest BCUT2D eigenvalue weighted by Gasteiger charge is 2.34. The number of nitrogens with one attached hydrogen (secondary N) is 2. The zero-order chi connectivity index (χ0) is 18.4. The van der Waals surface area contributed by atoms with Gasteiger partial charge >= 0.3 is 0 Å². The number of anilines is 1. The fourth-order valence-corrected chi connectivity index (χ4v) is 4.81. The van der Waals surface area contributed by atoms with E-state index >= 15 is 0 Å². The lowest BCUT2D eigenvalue weighted by molar-refractivity contribution is -0.113. The highest BCUT2D eigenvalue weighted by molar-refractivity contribution is 8.00. The number of amides is 1. The Kier molecular flexibility index (Phi) is 4.34. The first-order valence-electron chi connectivity index (χ1n) is 8.36. The van der Waals surface area contributed by atoms with Crippen molar-refractivity contribution >= 4 is 23.5 Å². The average Bonchev–Trinajstić information content (AvgIpc) is 3.20. The van der Waals surface area contributed by atoms with E-state index in [0.717, 1.165) is 49.6 Å². The Balaban J connectivity index is 1.88. The molecule has 1 aliphatic heterocycles. The number of carbonyl (C=O) groups is 1. The first-order chi connectivity index (χ1) is 12.5. The first-order valence-corrected chi connectivity index (χ1v) is 9.41. The van der Waals surface area contributed by atoms with Gasteiger partial charge in [-0.2, -0.15) is 0 Å². The molecule has 1 saturated carbocycles. The van der Waals surface area contributed by atoms with Gasteiger partial charge in [-0.1, -0.05) is 18.9 Å². The van der Waals surface area contributed by atoms with E-state index in [4.69, 9.17) is 0 Å². The molecule has 0 bridgehead atoms. The van der Waals surface area contributed by atoms with Crippen LogP contribution in [0.2, 0.25) is 0 Å². The van der Waals surface area contributed by atoms with E-state index in [2.05, 4.69) is 10.4 Å². The molecular weight excluding hydrogens is 367 g/mol. The number of carbonyl (C=O) groups excluding carboxylic acids is 1. The maximum atomic E-state index is 14.4. The van der Waals surface area contributed by atoms with E-state index in [1.807, 2.05) is 0 Å². The number of fused-ring (bicyclic) bond motifs is 1. The largest absolute Gasteiger partial charge is 0.310 e. The summed E-state index contributed by atoms with van der Waals surface area (Å²) >= 11 is 1.01. The fraction of sp³-hybridized carbons (Fsp3) is 0.412. The van der Waals surface area contributed by atoms with E-state index < -0.39 is 28.3 Å². The van der Waals surface area contributed by atoms with Crippen LogP contribution in [0, 0.1) is 17.5 Å². The molecule has 138 valence electrons. The quantitative estimate of drug-likeness (QED) is 0.781. The highest BCUT2D eigenvalue weighted by Crippen LogP contribution is 2.43. The number of thioether (sulfide) groups is 1. The molecule has 1 amide bonds. The van der Waals surface area contributed by atoms with Crippen LogP contribution >= 0.6 is 11.8 Å². The van der Waals surface area contributed by atoms with Crippen molar-refractivity contribution < 1.29 is 18.0 Å². The lowest BCUT2D eigenvalue weighted by atomic mass is 10.0. The van der Waals surface area contributed by atoms with Crippen LogP contribution in [0.3, 0.4) is 0 Å². The summed E-state index contributed by atoms with van der Waals surface area (Å²) in [7, 11) is 0. The van der Waals surface area contributed by atoms with Crippen LogP contribution in [0.1, 0.15) is 48.1 Å². The Hall–Kier alpha value is -2.16. The third-order valence-corrected chi connectivity index (χ3v) is 6.15. The van der Waals surface area contributed by atoms with Crippen molar-refractivity contribution in [3.63, 3.8) is 0 Å². The third kappa shape index (κ3) is 2.74. The summed E-state index contributed by atoms with van der Waals surface area (Å²) in [4.78, 5) is 24.7. The summed E-state index contributed by atoms with van der Waals surface area (Å²) in [6.45, 7) is 0. The second kappa shape index (κ2) is 6.53. The predicted octanol–water partition coefficient (Wildman–Crippen LogP) is 3.48. The molecule has 0 saturated heterocycles. The van der Waals surface area contributed by atoms with E-state index in [1.165, 1.54) is 0 Å². The standard InChI is InChI=1S/C17H16F3N3O2S/c18-10-6-5-9(13(19)14(10)20)15-12-16(21-11(24)7-26-15)23(22-17(12)25)8-3-1-2-4-8/h5-6,8,15H,1-4,7H2,(H,21,24)(H,22,25). The number of rotatable bonds is 2.